The Labute approximate surface area is 64.0 Å². The molecule has 0 atom stereocenters. The molecule has 0 heteroatoms. The molecule has 0 N–H and O–H groups in total. The van der Waals surface area contributed by atoms with Crippen LogP contribution in [-0.2, 0) is 0 Å². The fraction of sp³-hybridized carbons (Fsp3) is 0.900. The van der Waals surface area contributed by atoms with Gasteiger partial charge in [-0.05, 0) is 43.4 Å². The zero-order valence-electron chi connectivity index (χ0n) is 6.90. The molecule has 0 saturated heterocycles. The molecular weight excluding hydrogens is 120 g/mol. The van der Waals surface area contributed by atoms with Crippen molar-refractivity contribution < 1.29 is 0 Å². The molecule has 2 rings (SSSR count). The number of hydrogen-bond acceptors (Lipinski definition) is 0. The molecule has 1 radical (unpaired) electrons. The molecule has 0 unspecified atom stereocenters. The Morgan fingerprint density at radius 3 is 1.50 bits per heavy atom. The molecule has 2 aliphatic carbocycles. The van der Waals surface area contributed by atoms with Crippen molar-refractivity contribution in [1.29, 1.82) is 0 Å². The molecule has 0 aromatic rings. The molecule has 0 aliphatic heterocycles. The topological polar surface area (TPSA) is 0 Å². The Balaban J connectivity index is 1.79. The molecule has 57 valence electrons. The molecule has 2 aliphatic rings. The summed E-state index contributed by atoms with van der Waals surface area (Å²) in [6.45, 7) is 2.40. The van der Waals surface area contributed by atoms with E-state index in [1.54, 1.807) is 0 Å². The van der Waals surface area contributed by atoms with E-state index in [2.05, 4.69) is 6.92 Å². The van der Waals surface area contributed by atoms with Crippen molar-refractivity contribution in [2.75, 3.05) is 0 Å². The maximum absolute atomic E-state index is 2.40. The first kappa shape index (κ1) is 6.69. The summed E-state index contributed by atoms with van der Waals surface area (Å²) in [7, 11) is 0. The van der Waals surface area contributed by atoms with Crippen molar-refractivity contribution in [1.82, 2.24) is 0 Å². The monoisotopic (exact) mass is 137 g/mol. The maximum Gasteiger partial charge on any atom is -0.0210 e. The van der Waals surface area contributed by atoms with Gasteiger partial charge in [-0.25, -0.2) is 0 Å². The van der Waals surface area contributed by atoms with Crippen LogP contribution in [0.4, 0.5) is 0 Å². The Morgan fingerprint density at radius 2 is 1.30 bits per heavy atom. The minimum Gasteiger partial charge on any atom is -0.0586 e. The van der Waals surface area contributed by atoms with E-state index in [1.807, 2.05) is 5.92 Å². The van der Waals surface area contributed by atoms with Crippen LogP contribution in [-0.4, -0.2) is 0 Å². The van der Waals surface area contributed by atoms with E-state index < -0.39 is 0 Å². The van der Waals surface area contributed by atoms with E-state index in [-0.39, 0.29) is 0 Å². The first-order valence-corrected chi connectivity index (χ1v) is 4.71. The third-order valence-corrected chi connectivity index (χ3v) is 3.50. The van der Waals surface area contributed by atoms with Crippen molar-refractivity contribution >= 4 is 0 Å². The lowest BCUT2D eigenvalue weighted by Crippen LogP contribution is -2.28. The first-order valence-electron chi connectivity index (χ1n) is 4.71. The second-order valence-electron chi connectivity index (χ2n) is 4.00. The van der Waals surface area contributed by atoms with Crippen LogP contribution in [0.25, 0.3) is 0 Å². The van der Waals surface area contributed by atoms with Gasteiger partial charge in [0.05, 0.1) is 0 Å². The quantitative estimate of drug-likeness (QED) is 0.548. The van der Waals surface area contributed by atoms with E-state index in [1.165, 1.54) is 38.5 Å². The molecular formula is C10H17. The van der Waals surface area contributed by atoms with Gasteiger partial charge in [-0.15, -0.1) is 0 Å². The fourth-order valence-electron chi connectivity index (χ4n) is 2.06. The second kappa shape index (κ2) is 2.56. The fourth-order valence-corrected chi connectivity index (χ4v) is 2.06. The van der Waals surface area contributed by atoms with E-state index in [4.69, 9.17) is 0 Å². The largest absolute Gasteiger partial charge is 0.0586 e. The smallest absolute Gasteiger partial charge is 0.0210 e. The minimum atomic E-state index is 1.05. The minimum absolute atomic E-state index is 1.05. The SMILES string of the molecule is C[C](C1CCC1)C1CCC1. The summed E-state index contributed by atoms with van der Waals surface area (Å²) in [6.07, 6.45) is 9.00. The van der Waals surface area contributed by atoms with Crippen LogP contribution in [0.15, 0.2) is 0 Å². The highest BCUT2D eigenvalue weighted by Crippen LogP contribution is 2.45. The zero-order valence-corrected chi connectivity index (χ0v) is 6.90. The van der Waals surface area contributed by atoms with Gasteiger partial charge in [-0.2, -0.15) is 0 Å². The maximum atomic E-state index is 2.40. The predicted octanol–water partition coefficient (Wildman–Crippen LogP) is 3.18. The Kier molecular flexibility index (Phi) is 1.71. The van der Waals surface area contributed by atoms with Crippen LogP contribution in [0.3, 0.4) is 0 Å². The van der Waals surface area contributed by atoms with Crippen LogP contribution in [0.2, 0.25) is 0 Å². The second-order valence-corrected chi connectivity index (χ2v) is 4.00. The zero-order chi connectivity index (χ0) is 6.97. The highest BCUT2D eigenvalue weighted by Gasteiger charge is 2.32. The van der Waals surface area contributed by atoms with Gasteiger partial charge in [0.1, 0.15) is 0 Å². The highest BCUT2D eigenvalue weighted by atomic mass is 14.4. The summed E-state index contributed by atoms with van der Waals surface area (Å²) >= 11 is 0. The van der Waals surface area contributed by atoms with Gasteiger partial charge in [0.25, 0.3) is 0 Å². The van der Waals surface area contributed by atoms with Crippen molar-refractivity contribution in [3.05, 3.63) is 5.92 Å². The molecule has 2 fully saturated rings. The van der Waals surface area contributed by atoms with Gasteiger partial charge < -0.3 is 0 Å². The third kappa shape index (κ3) is 0.980. The Hall–Kier alpha value is 0. The van der Waals surface area contributed by atoms with Gasteiger partial charge in [-0.3, -0.25) is 0 Å². The lowest BCUT2D eigenvalue weighted by Gasteiger charge is -2.40. The van der Waals surface area contributed by atoms with E-state index in [0.29, 0.717) is 0 Å². The van der Waals surface area contributed by atoms with Crippen LogP contribution in [0, 0.1) is 17.8 Å². The summed E-state index contributed by atoms with van der Waals surface area (Å²) in [6, 6.07) is 0. The van der Waals surface area contributed by atoms with Crippen LogP contribution in [0.5, 0.6) is 0 Å². The van der Waals surface area contributed by atoms with Gasteiger partial charge in [0.15, 0.2) is 0 Å². The van der Waals surface area contributed by atoms with Crippen LogP contribution < -0.4 is 0 Å². The highest BCUT2D eigenvalue weighted by molar-refractivity contribution is 5.03. The molecule has 10 heavy (non-hydrogen) atoms. The third-order valence-electron chi connectivity index (χ3n) is 3.50. The molecule has 2 saturated carbocycles. The molecule has 0 aromatic heterocycles. The van der Waals surface area contributed by atoms with Gasteiger partial charge in [-0.1, -0.05) is 19.8 Å². The normalized spacial score (nSPS) is 28.2. The van der Waals surface area contributed by atoms with Gasteiger partial charge >= 0.3 is 0 Å². The summed E-state index contributed by atoms with van der Waals surface area (Å²) in [5.41, 5.74) is 0. The summed E-state index contributed by atoms with van der Waals surface area (Å²) in [4.78, 5) is 0. The summed E-state index contributed by atoms with van der Waals surface area (Å²) in [5, 5.41) is 0. The van der Waals surface area contributed by atoms with Crippen molar-refractivity contribution in [3.63, 3.8) is 0 Å². The molecule has 0 heterocycles. The molecule has 0 nitrogen and oxygen atoms in total. The molecule has 0 aromatic carbocycles. The Bertz CT molecular complexity index is 95.2. The number of rotatable bonds is 2. The molecule has 0 amide bonds. The van der Waals surface area contributed by atoms with E-state index in [9.17, 15) is 0 Å². The summed E-state index contributed by atoms with van der Waals surface area (Å²) in [5.74, 6) is 3.94. The first-order chi connectivity index (χ1) is 4.88. The van der Waals surface area contributed by atoms with Crippen molar-refractivity contribution in [3.8, 4) is 0 Å². The summed E-state index contributed by atoms with van der Waals surface area (Å²) < 4.78 is 0. The van der Waals surface area contributed by atoms with Crippen LogP contribution >= 0.6 is 0 Å². The standard InChI is InChI=1S/C10H17/c1-8(9-4-2-5-9)10-6-3-7-10/h9-10H,2-7H2,1H3. The predicted molar refractivity (Wildman–Crippen MR) is 43.6 cm³/mol. The van der Waals surface area contributed by atoms with Crippen LogP contribution in [0.1, 0.15) is 45.4 Å². The molecule has 0 bridgehead atoms. The average Bonchev–Trinajstić information content (AvgIpc) is 1.52. The lowest BCUT2D eigenvalue weighted by molar-refractivity contribution is 0.228. The van der Waals surface area contributed by atoms with Crippen molar-refractivity contribution in [2.24, 2.45) is 11.8 Å². The van der Waals surface area contributed by atoms with E-state index in [0.717, 1.165) is 11.8 Å². The van der Waals surface area contributed by atoms with Gasteiger partial charge in [0.2, 0.25) is 0 Å². The number of hydrogen-bond donors (Lipinski definition) is 0. The average molecular weight is 137 g/mol. The van der Waals surface area contributed by atoms with E-state index >= 15 is 0 Å². The van der Waals surface area contributed by atoms with Crippen molar-refractivity contribution in [2.45, 2.75) is 45.4 Å². The Morgan fingerprint density at radius 1 is 0.900 bits per heavy atom. The van der Waals surface area contributed by atoms with Gasteiger partial charge in [0, 0.05) is 0 Å². The lowest BCUT2D eigenvalue weighted by atomic mass is 9.65. The molecule has 0 spiro atoms.